The van der Waals surface area contributed by atoms with Crippen LogP contribution in [0.3, 0.4) is 0 Å². The van der Waals surface area contributed by atoms with Crippen LogP contribution in [0, 0.1) is 13.8 Å². The van der Waals surface area contributed by atoms with Gasteiger partial charge in [-0.2, -0.15) is 4.98 Å². The molecule has 2 N–H and O–H groups in total. The lowest BCUT2D eigenvalue weighted by molar-refractivity contribution is 0.387. The second-order valence-corrected chi connectivity index (χ2v) is 4.52. The molecule has 0 amide bonds. The van der Waals surface area contributed by atoms with E-state index in [0.29, 0.717) is 24.7 Å². The molecule has 0 aliphatic heterocycles. The Hall–Kier alpha value is -2.18. The molecule has 0 spiro atoms. The molecular formula is C13H20N6O. The topological polar surface area (TPSA) is 88.8 Å². The first-order valence-corrected chi connectivity index (χ1v) is 6.80. The van der Waals surface area contributed by atoms with Gasteiger partial charge in [-0.3, -0.25) is 0 Å². The van der Waals surface area contributed by atoms with Crippen LogP contribution >= 0.6 is 0 Å². The van der Waals surface area contributed by atoms with Gasteiger partial charge < -0.3 is 15.2 Å². The molecule has 2 aromatic rings. The molecule has 2 aromatic heterocycles. The molecule has 7 heteroatoms. The molecule has 2 rings (SSSR count). The van der Waals surface area contributed by atoms with Crippen LogP contribution in [0.1, 0.15) is 30.9 Å². The van der Waals surface area contributed by atoms with Crippen LogP contribution in [0.25, 0.3) is 0 Å². The number of hydrogen-bond acceptors (Lipinski definition) is 7. The van der Waals surface area contributed by atoms with E-state index >= 15 is 0 Å². The van der Waals surface area contributed by atoms with Crippen molar-refractivity contribution in [2.45, 2.75) is 33.6 Å². The zero-order valence-corrected chi connectivity index (χ0v) is 12.1. The fourth-order valence-electron chi connectivity index (χ4n) is 1.75. The second kappa shape index (κ2) is 6.83. The van der Waals surface area contributed by atoms with E-state index in [1.54, 1.807) is 6.92 Å². The molecule has 0 aliphatic carbocycles. The number of rotatable bonds is 7. The maximum absolute atomic E-state index is 4.93. The molecule has 0 saturated heterocycles. The molecule has 7 nitrogen and oxygen atoms in total. The van der Waals surface area contributed by atoms with Gasteiger partial charge in [0.2, 0.25) is 5.89 Å². The van der Waals surface area contributed by atoms with E-state index in [9.17, 15) is 0 Å². The van der Waals surface area contributed by atoms with E-state index in [4.69, 9.17) is 4.52 Å². The van der Waals surface area contributed by atoms with E-state index in [-0.39, 0.29) is 0 Å². The van der Waals surface area contributed by atoms with Crippen molar-refractivity contribution in [1.82, 2.24) is 20.1 Å². The molecule has 0 aromatic carbocycles. The average Bonchev–Trinajstić information content (AvgIpc) is 2.81. The molecular weight excluding hydrogens is 256 g/mol. The maximum Gasteiger partial charge on any atom is 0.223 e. The first-order chi connectivity index (χ1) is 9.67. The molecule has 0 aliphatic rings. The molecule has 0 saturated carbocycles. The number of nitrogens with zero attached hydrogens (tertiary/aromatic N) is 4. The van der Waals surface area contributed by atoms with Crippen LogP contribution in [-0.4, -0.2) is 33.2 Å². The lowest BCUT2D eigenvalue weighted by atomic mass is 10.4. The smallest absolute Gasteiger partial charge is 0.223 e. The molecule has 2 heterocycles. The van der Waals surface area contributed by atoms with Crippen LogP contribution in [0.4, 0.5) is 11.6 Å². The highest BCUT2D eigenvalue weighted by Crippen LogP contribution is 2.11. The molecule has 20 heavy (non-hydrogen) atoms. The summed E-state index contributed by atoms with van der Waals surface area (Å²) in [5.41, 5.74) is 0. The van der Waals surface area contributed by atoms with Gasteiger partial charge in [-0.05, 0) is 13.3 Å². The average molecular weight is 276 g/mol. The van der Waals surface area contributed by atoms with E-state index in [0.717, 1.165) is 30.4 Å². The Morgan fingerprint density at radius 2 is 1.75 bits per heavy atom. The van der Waals surface area contributed by atoms with Crippen molar-refractivity contribution < 1.29 is 4.52 Å². The first-order valence-electron chi connectivity index (χ1n) is 6.80. The maximum atomic E-state index is 4.93. The van der Waals surface area contributed by atoms with Gasteiger partial charge in [-0.15, -0.1) is 0 Å². The van der Waals surface area contributed by atoms with E-state index < -0.39 is 0 Å². The molecule has 0 unspecified atom stereocenters. The first kappa shape index (κ1) is 14.2. The van der Waals surface area contributed by atoms with Gasteiger partial charge in [0.05, 0.1) is 0 Å². The van der Waals surface area contributed by atoms with E-state index in [1.807, 2.05) is 13.0 Å². The third-order valence-electron chi connectivity index (χ3n) is 2.62. The summed E-state index contributed by atoms with van der Waals surface area (Å²) in [5.74, 6) is 3.67. The number of anilines is 2. The fraction of sp³-hybridized carbons (Fsp3) is 0.538. The molecule has 108 valence electrons. The molecule has 0 radical (unpaired) electrons. The fourth-order valence-corrected chi connectivity index (χ4v) is 1.75. The Labute approximate surface area is 118 Å². The van der Waals surface area contributed by atoms with Crippen molar-refractivity contribution in [2.24, 2.45) is 0 Å². The summed E-state index contributed by atoms with van der Waals surface area (Å²) >= 11 is 0. The lowest BCUT2D eigenvalue weighted by Gasteiger charge is -2.08. The Morgan fingerprint density at radius 3 is 2.35 bits per heavy atom. The summed E-state index contributed by atoms with van der Waals surface area (Å²) in [6.07, 6.45) is 1.75. The molecule has 0 atom stereocenters. The van der Waals surface area contributed by atoms with Gasteiger partial charge in [-0.1, -0.05) is 12.1 Å². The molecule has 0 bridgehead atoms. The summed E-state index contributed by atoms with van der Waals surface area (Å²) < 4.78 is 4.93. The van der Waals surface area contributed by atoms with Crippen molar-refractivity contribution in [3.63, 3.8) is 0 Å². The van der Waals surface area contributed by atoms with Crippen LogP contribution in [-0.2, 0) is 6.42 Å². The minimum Gasteiger partial charge on any atom is -0.370 e. The summed E-state index contributed by atoms with van der Waals surface area (Å²) in [6, 6.07) is 1.91. The Balaban J connectivity index is 1.89. The van der Waals surface area contributed by atoms with E-state index in [2.05, 4.69) is 37.7 Å². The van der Waals surface area contributed by atoms with Gasteiger partial charge in [0.25, 0.3) is 0 Å². The van der Waals surface area contributed by atoms with Crippen LogP contribution in [0.2, 0.25) is 0 Å². The van der Waals surface area contributed by atoms with Gasteiger partial charge in [0.1, 0.15) is 17.5 Å². The van der Waals surface area contributed by atoms with Crippen LogP contribution < -0.4 is 10.6 Å². The zero-order valence-electron chi connectivity index (χ0n) is 12.1. The molecule has 0 fully saturated rings. The zero-order chi connectivity index (χ0) is 14.4. The highest BCUT2D eigenvalue weighted by atomic mass is 16.5. The minimum atomic E-state index is 0.587. The largest absolute Gasteiger partial charge is 0.370 e. The van der Waals surface area contributed by atoms with Crippen LogP contribution in [0.15, 0.2) is 10.6 Å². The summed E-state index contributed by atoms with van der Waals surface area (Å²) in [7, 11) is 0. The third kappa shape index (κ3) is 4.18. The van der Waals surface area contributed by atoms with Gasteiger partial charge in [0, 0.05) is 32.5 Å². The number of aryl methyl sites for hydroxylation is 2. The standard InChI is InChI=1S/C13H20N6O/c1-4-6-14-12-8-13(17-9(2)16-12)15-7-5-11-18-10(3)20-19-11/h8H,4-7H2,1-3H3,(H2,14,15,16,17). The SMILES string of the molecule is CCCNc1cc(NCCc2noc(C)n2)nc(C)n1. The summed E-state index contributed by atoms with van der Waals surface area (Å²) in [4.78, 5) is 12.8. The summed E-state index contributed by atoms with van der Waals surface area (Å²) in [5, 5.41) is 10.4. The Kier molecular flexibility index (Phi) is 4.86. The van der Waals surface area contributed by atoms with Crippen molar-refractivity contribution in [2.75, 3.05) is 23.7 Å². The Bertz CT molecular complexity index is 554. The van der Waals surface area contributed by atoms with Crippen molar-refractivity contribution in [1.29, 1.82) is 0 Å². The van der Waals surface area contributed by atoms with E-state index in [1.165, 1.54) is 0 Å². The highest BCUT2D eigenvalue weighted by Gasteiger charge is 2.04. The monoisotopic (exact) mass is 276 g/mol. The predicted octanol–water partition coefficient (Wildman–Crippen LogP) is 1.95. The number of aromatic nitrogens is 4. The quantitative estimate of drug-likeness (QED) is 0.799. The second-order valence-electron chi connectivity index (χ2n) is 4.52. The van der Waals surface area contributed by atoms with Gasteiger partial charge >= 0.3 is 0 Å². The number of nitrogens with one attached hydrogen (secondary N) is 2. The highest BCUT2D eigenvalue weighted by molar-refractivity contribution is 5.47. The van der Waals surface area contributed by atoms with Gasteiger partial charge in [0.15, 0.2) is 5.82 Å². The van der Waals surface area contributed by atoms with Gasteiger partial charge in [-0.25, -0.2) is 9.97 Å². The number of hydrogen-bond donors (Lipinski definition) is 2. The third-order valence-corrected chi connectivity index (χ3v) is 2.62. The normalized spacial score (nSPS) is 10.6. The minimum absolute atomic E-state index is 0.587. The van der Waals surface area contributed by atoms with Crippen molar-refractivity contribution in [3.8, 4) is 0 Å². The lowest BCUT2D eigenvalue weighted by Crippen LogP contribution is -2.10. The van der Waals surface area contributed by atoms with Crippen molar-refractivity contribution in [3.05, 3.63) is 23.6 Å². The van der Waals surface area contributed by atoms with Crippen LogP contribution in [0.5, 0.6) is 0 Å². The Morgan fingerprint density at radius 1 is 1.05 bits per heavy atom. The summed E-state index contributed by atoms with van der Waals surface area (Å²) in [6.45, 7) is 7.38. The predicted molar refractivity (Wildman–Crippen MR) is 76.8 cm³/mol. The van der Waals surface area contributed by atoms with Crippen molar-refractivity contribution >= 4 is 11.6 Å².